The summed E-state index contributed by atoms with van der Waals surface area (Å²) in [7, 11) is 0. The van der Waals surface area contributed by atoms with Crippen LogP contribution in [-0.4, -0.2) is 22.0 Å². The number of amides is 1. The fraction of sp³-hybridized carbons (Fsp3) is 0.200. The summed E-state index contributed by atoms with van der Waals surface area (Å²) in [6.07, 6.45) is 3.34. The molecule has 1 aromatic heterocycles. The smallest absolute Gasteiger partial charge is 0.255 e. The van der Waals surface area contributed by atoms with Gasteiger partial charge in [0.1, 0.15) is 5.52 Å². The highest BCUT2D eigenvalue weighted by Gasteiger charge is 2.16. The zero-order valence-electron chi connectivity index (χ0n) is 13.6. The van der Waals surface area contributed by atoms with Crippen molar-refractivity contribution >= 4 is 16.8 Å². The maximum Gasteiger partial charge on any atom is 0.255 e. The van der Waals surface area contributed by atoms with Crippen LogP contribution in [-0.2, 0) is 6.42 Å². The number of aromatic hydroxyl groups is 1. The summed E-state index contributed by atoms with van der Waals surface area (Å²) in [5.41, 5.74) is 1.95. The summed E-state index contributed by atoms with van der Waals surface area (Å²) in [5.74, 6) is -0.346. The minimum atomic E-state index is -0.277. The fourth-order valence-electron chi connectivity index (χ4n) is 2.71. The molecule has 1 amide bonds. The standard InChI is InChI=1S/C20H20N2O2/c1-14(9-10-15-6-3-2-4-7-15)22-20(24)17-12-11-16-8-5-13-21-18(16)19(17)23/h2-8,11-14,23H,9-10H2,1H3,(H,22,24). The van der Waals surface area contributed by atoms with E-state index in [0.29, 0.717) is 5.52 Å². The molecule has 0 radical (unpaired) electrons. The number of benzene rings is 2. The third kappa shape index (κ3) is 3.54. The Kier molecular flexibility index (Phi) is 4.75. The summed E-state index contributed by atoms with van der Waals surface area (Å²) in [4.78, 5) is 16.6. The summed E-state index contributed by atoms with van der Waals surface area (Å²) < 4.78 is 0. The van der Waals surface area contributed by atoms with E-state index in [1.807, 2.05) is 31.2 Å². The Morgan fingerprint density at radius 1 is 1.12 bits per heavy atom. The molecule has 1 unspecified atom stereocenters. The zero-order valence-corrected chi connectivity index (χ0v) is 13.6. The van der Waals surface area contributed by atoms with Crippen molar-refractivity contribution in [2.24, 2.45) is 0 Å². The van der Waals surface area contributed by atoms with Crippen LogP contribution in [0, 0.1) is 0 Å². The molecule has 1 heterocycles. The van der Waals surface area contributed by atoms with Gasteiger partial charge in [-0.25, -0.2) is 0 Å². The molecule has 3 aromatic rings. The second-order valence-electron chi connectivity index (χ2n) is 5.94. The van der Waals surface area contributed by atoms with Gasteiger partial charge in [-0.05, 0) is 37.5 Å². The maximum absolute atomic E-state index is 12.4. The monoisotopic (exact) mass is 320 g/mol. The molecule has 4 heteroatoms. The minimum Gasteiger partial charge on any atom is -0.505 e. The first-order valence-corrected chi connectivity index (χ1v) is 8.06. The van der Waals surface area contributed by atoms with Crippen LogP contribution in [0.4, 0.5) is 0 Å². The third-order valence-corrected chi connectivity index (χ3v) is 4.08. The molecule has 0 bridgehead atoms. The topological polar surface area (TPSA) is 62.2 Å². The van der Waals surface area contributed by atoms with E-state index in [0.717, 1.165) is 18.2 Å². The fourth-order valence-corrected chi connectivity index (χ4v) is 2.71. The number of phenols is 1. The first-order chi connectivity index (χ1) is 11.6. The second-order valence-corrected chi connectivity index (χ2v) is 5.94. The number of aromatic nitrogens is 1. The SMILES string of the molecule is CC(CCc1ccccc1)NC(=O)c1ccc2cccnc2c1O. The number of nitrogens with one attached hydrogen (secondary N) is 1. The average Bonchev–Trinajstić information content (AvgIpc) is 2.61. The lowest BCUT2D eigenvalue weighted by molar-refractivity contribution is 0.0936. The van der Waals surface area contributed by atoms with Gasteiger partial charge in [-0.3, -0.25) is 9.78 Å². The summed E-state index contributed by atoms with van der Waals surface area (Å²) in [6, 6.07) is 17.3. The van der Waals surface area contributed by atoms with Crippen LogP contribution in [0.1, 0.15) is 29.3 Å². The molecule has 0 saturated heterocycles. The van der Waals surface area contributed by atoms with Crippen molar-refractivity contribution in [3.05, 3.63) is 71.9 Å². The highest BCUT2D eigenvalue weighted by Crippen LogP contribution is 2.26. The van der Waals surface area contributed by atoms with Crippen molar-refractivity contribution in [3.63, 3.8) is 0 Å². The minimum absolute atomic E-state index is 0.0107. The second kappa shape index (κ2) is 7.13. The Morgan fingerprint density at radius 2 is 1.92 bits per heavy atom. The van der Waals surface area contributed by atoms with Crippen LogP contribution in [0.15, 0.2) is 60.8 Å². The lowest BCUT2D eigenvalue weighted by atomic mass is 10.1. The molecule has 0 fully saturated rings. The van der Waals surface area contributed by atoms with Crippen molar-refractivity contribution in [1.82, 2.24) is 10.3 Å². The van der Waals surface area contributed by atoms with E-state index in [-0.39, 0.29) is 23.3 Å². The van der Waals surface area contributed by atoms with Crippen LogP contribution in [0.2, 0.25) is 0 Å². The van der Waals surface area contributed by atoms with E-state index in [1.54, 1.807) is 24.4 Å². The quantitative estimate of drug-likeness (QED) is 0.753. The Hall–Kier alpha value is -2.88. The Labute approximate surface area is 141 Å². The summed E-state index contributed by atoms with van der Waals surface area (Å²) >= 11 is 0. The number of aryl methyl sites for hydroxylation is 1. The van der Waals surface area contributed by atoms with Gasteiger partial charge in [-0.15, -0.1) is 0 Å². The molecule has 0 aliphatic carbocycles. The van der Waals surface area contributed by atoms with Gasteiger partial charge in [0, 0.05) is 17.6 Å². The predicted octanol–water partition coefficient (Wildman–Crippen LogP) is 3.69. The van der Waals surface area contributed by atoms with Crippen molar-refractivity contribution in [1.29, 1.82) is 0 Å². The number of nitrogens with zero attached hydrogens (tertiary/aromatic N) is 1. The normalized spacial score (nSPS) is 12.0. The summed E-state index contributed by atoms with van der Waals surface area (Å²) in [6.45, 7) is 1.97. The lowest BCUT2D eigenvalue weighted by Gasteiger charge is -2.15. The number of rotatable bonds is 5. The third-order valence-electron chi connectivity index (χ3n) is 4.08. The van der Waals surface area contributed by atoms with E-state index in [4.69, 9.17) is 0 Å². The average molecular weight is 320 g/mol. The van der Waals surface area contributed by atoms with Crippen LogP contribution in [0.3, 0.4) is 0 Å². The van der Waals surface area contributed by atoms with Gasteiger partial charge >= 0.3 is 0 Å². The van der Waals surface area contributed by atoms with Crippen LogP contribution in [0.25, 0.3) is 10.9 Å². The summed E-state index contributed by atoms with van der Waals surface area (Å²) in [5, 5.41) is 14.1. The highest BCUT2D eigenvalue weighted by molar-refractivity contribution is 6.02. The maximum atomic E-state index is 12.4. The van der Waals surface area contributed by atoms with E-state index in [2.05, 4.69) is 22.4 Å². The number of hydrogen-bond donors (Lipinski definition) is 2. The number of hydrogen-bond acceptors (Lipinski definition) is 3. The molecule has 1 atom stereocenters. The van der Waals surface area contributed by atoms with Crippen molar-refractivity contribution in [2.45, 2.75) is 25.8 Å². The molecule has 4 nitrogen and oxygen atoms in total. The van der Waals surface area contributed by atoms with Gasteiger partial charge in [-0.2, -0.15) is 0 Å². The number of carbonyl (C=O) groups excluding carboxylic acids is 1. The Bertz CT molecular complexity index is 847. The van der Waals surface area contributed by atoms with E-state index in [9.17, 15) is 9.90 Å². The van der Waals surface area contributed by atoms with Crippen molar-refractivity contribution in [3.8, 4) is 5.75 Å². The molecule has 0 spiro atoms. The molecule has 2 N–H and O–H groups in total. The van der Waals surface area contributed by atoms with Gasteiger partial charge in [0.05, 0.1) is 5.56 Å². The van der Waals surface area contributed by atoms with Crippen LogP contribution < -0.4 is 5.32 Å². The molecular formula is C20H20N2O2. The van der Waals surface area contributed by atoms with E-state index in [1.165, 1.54) is 5.56 Å². The van der Waals surface area contributed by atoms with Gasteiger partial charge in [-0.1, -0.05) is 42.5 Å². The number of carbonyl (C=O) groups is 1. The number of phenolic OH excluding ortho intramolecular Hbond substituents is 1. The Balaban J connectivity index is 1.67. The number of fused-ring (bicyclic) bond motifs is 1. The van der Waals surface area contributed by atoms with E-state index < -0.39 is 0 Å². The first-order valence-electron chi connectivity index (χ1n) is 8.06. The Morgan fingerprint density at radius 3 is 2.71 bits per heavy atom. The van der Waals surface area contributed by atoms with Gasteiger partial charge in [0.2, 0.25) is 0 Å². The molecular weight excluding hydrogens is 300 g/mol. The lowest BCUT2D eigenvalue weighted by Crippen LogP contribution is -2.32. The first kappa shape index (κ1) is 16.0. The molecule has 24 heavy (non-hydrogen) atoms. The molecule has 0 aliphatic heterocycles. The zero-order chi connectivity index (χ0) is 16.9. The molecule has 0 saturated carbocycles. The molecule has 122 valence electrons. The molecule has 0 aliphatic rings. The van der Waals surface area contributed by atoms with Gasteiger partial charge in [0.15, 0.2) is 5.75 Å². The van der Waals surface area contributed by atoms with Crippen LogP contribution in [0.5, 0.6) is 5.75 Å². The molecule has 3 rings (SSSR count). The largest absolute Gasteiger partial charge is 0.505 e. The van der Waals surface area contributed by atoms with Crippen LogP contribution >= 0.6 is 0 Å². The van der Waals surface area contributed by atoms with E-state index >= 15 is 0 Å². The molecule has 2 aromatic carbocycles. The number of pyridine rings is 1. The van der Waals surface area contributed by atoms with Crippen molar-refractivity contribution < 1.29 is 9.90 Å². The van der Waals surface area contributed by atoms with Crippen molar-refractivity contribution in [2.75, 3.05) is 0 Å². The van der Waals surface area contributed by atoms with Gasteiger partial charge in [0.25, 0.3) is 5.91 Å². The van der Waals surface area contributed by atoms with Gasteiger partial charge < -0.3 is 10.4 Å². The highest BCUT2D eigenvalue weighted by atomic mass is 16.3. The predicted molar refractivity (Wildman–Crippen MR) is 95.1 cm³/mol.